The summed E-state index contributed by atoms with van der Waals surface area (Å²) in [6.45, 7) is 0.421. The molecular weight excluding hydrogens is 304 g/mol. The van der Waals surface area contributed by atoms with Gasteiger partial charge in [0.2, 0.25) is 0 Å². The van der Waals surface area contributed by atoms with Gasteiger partial charge >= 0.3 is 5.97 Å². The number of carbonyl (C=O) groups is 2. The molecule has 0 fully saturated rings. The number of hydrogen-bond acceptors (Lipinski definition) is 4. The van der Waals surface area contributed by atoms with E-state index < -0.39 is 0 Å². The maximum absolute atomic E-state index is 12.9. The van der Waals surface area contributed by atoms with Crippen LogP contribution in [0.4, 0.5) is 5.69 Å². The van der Waals surface area contributed by atoms with Crippen molar-refractivity contribution in [3.05, 3.63) is 65.2 Å². The van der Waals surface area contributed by atoms with Gasteiger partial charge in [-0.05, 0) is 29.8 Å². The van der Waals surface area contributed by atoms with E-state index in [0.29, 0.717) is 17.7 Å². The van der Waals surface area contributed by atoms with Crippen molar-refractivity contribution in [2.45, 2.75) is 12.3 Å². The molecule has 1 atom stereocenters. The van der Waals surface area contributed by atoms with Gasteiger partial charge in [0.1, 0.15) is 0 Å². The van der Waals surface area contributed by atoms with E-state index in [0.717, 1.165) is 11.3 Å². The number of rotatable bonds is 3. The molecule has 1 amide bonds. The number of benzene rings is 2. The third-order valence-corrected chi connectivity index (χ3v) is 4.19. The first kappa shape index (κ1) is 15.8. The second kappa shape index (κ2) is 6.55. The second-order valence-electron chi connectivity index (χ2n) is 5.64. The summed E-state index contributed by atoms with van der Waals surface area (Å²) < 4.78 is 4.76. The van der Waals surface area contributed by atoms with E-state index in [-0.39, 0.29) is 24.2 Å². The lowest BCUT2D eigenvalue weighted by Gasteiger charge is -2.18. The molecule has 5 heteroatoms. The Morgan fingerprint density at radius 3 is 2.79 bits per heavy atom. The molecule has 0 N–H and O–H groups in total. The van der Waals surface area contributed by atoms with Crippen LogP contribution in [0.1, 0.15) is 33.8 Å². The van der Waals surface area contributed by atoms with Crippen LogP contribution in [0, 0.1) is 11.3 Å². The molecule has 0 aromatic heterocycles. The van der Waals surface area contributed by atoms with Crippen molar-refractivity contribution in [3.63, 3.8) is 0 Å². The molecule has 2 aromatic carbocycles. The maximum atomic E-state index is 12.9. The number of esters is 1. The van der Waals surface area contributed by atoms with Gasteiger partial charge in [-0.3, -0.25) is 9.59 Å². The normalized spacial score (nSPS) is 15.5. The predicted octanol–water partition coefficient (Wildman–Crippen LogP) is 2.87. The van der Waals surface area contributed by atoms with Crippen LogP contribution in [0.15, 0.2) is 48.5 Å². The highest BCUT2D eigenvalue weighted by Gasteiger charge is 2.34. The zero-order valence-corrected chi connectivity index (χ0v) is 13.2. The highest BCUT2D eigenvalue weighted by atomic mass is 16.5. The second-order valence-corrected chi connectivity index (χ2v) is 5.64. The summed E-state index contributed by atoms with van der Waals surface area (Å²) in [5.41, 5.74) is 2.67. The highest BCUT2D eigenvalue weighted by molar-refractivity contribution is 6.07. The molecule has 0 saturated heterocycles. The van der Waals surface area contributed by atoms with Crippen LogP contribution < -0.4 is 4.90 Å². The minimum atomic E-state index is -0.296. The molecular formula is C19H16N2O3. The minimum absolute atomic E-state index is 0.0863. The molecule has 2 aromatic rings. The van der Waals surface area contributed by atoms with Gasteiger partial charge in [-0.1, -0.05) is 24.3 Å². The number of fused-ring (bicyclic) bond motifs is 1. The van der Waals surface area contributed by atoms with E-state index in [1.54, 1.807) is 29.2 Å². The van der Waals surface area contributed by atoms with E-state index >= 15 is 0 Å². The van der Waals surface area contributed by atoms with Gasteiger partial charge in [-0.15, -0.1) is 0 Å². The average Bonchev–Trinajstić information content (AvgIpc) is 2.99. The van der Waals surface area contributed by atoms with Crippen LogP contribution in [0.25, 0.3) is 0 Å². The van der Waals surface area contributed by atoms with Crippen molar-refractivity contribution in [1.82, 2.24) is 0 Å². The number of ether oxygens (including phenoxy) is 1. The lowest BCUT2D eigenvalue weighted by Crippen LogP contribution is -2.30. The summed E-state index contributed by atoms with van der Waals surface area (Å²) in [6.07, 6.45) is 0.232. The molecule has 1 aliphatic rings. The summed E-state index contributed by atoms with van der Waals surface area (Å²) in [5, 5.41) is 9.01. The van der Waals surface area contributed by atoms with Crippen LogP contribution in [0.3, 0.4) is 0 Å². The molecule has 0 radical (unpaired) electrons. The fourth-order valence-corrected chi connectivity index (χ4v) is 3.02. The monoisotopic (exact) mass is 320 g/mol. The van der Waals surface area contributed by atoms with Gasteiger partial charge in [-0.25, -0.2) is 0 Å². The Balaban J connectivity index is 1.93. The zero-order chi connectivity index (χ0) is 17.1. The number of methoxy groups -OCH3 is 1. The third-order valence-electron chi connectivity index (χ3n) is 4.19. The number of amides is 1. The number of anilines is 1. The standard InChI is InChI=1S/C19H16N2O3/c1-24-18(22)10-15-12-21(17-8-3-2-7-16(15)17)19(23)14-6-4-5-13(9-14)11-20/h2-9,15H,10,12H2,1H3. The summed E-state index contributed by atoms with van der Waals surface area (Å²) in [7, 11) is 1.36. The first-order valence-corrected chi connectivity index (χ1v) is 7.62. The summed E-state index contributed by atoms with van der Waals surface area (Å²) in [4.78, 5) is 26.2. The number of carbonyl (C=O) groups excluding carboxylic acids is 2. The Morgan fingerprint density at radius 1 is 1.25 bits per heavy atom. The van der Waals surface area contributed by atoms with E-state index in [4.69, 9.17) is 10.00 Å². The fourth-order valence-electron chi connectivity index (χ4n) is 3.02. The van der Waals surface area contributed by atoms with E-state index in [2.05, 4.69) is 0 Å². The first-order chi connectivity index (χ1) is 11.6. The molecule has 5 nitrogen and oxygen atoms in total. The van der Waals surface area contributed by atoms with Gasteiger partial charge in [0.15, 0.2) is 0 Å². The van der Waals surface area contributed by atoms with Gasteiger partial charge in [-0.2, -0.15) is 5.26 Å². The molecule has 0 aliphatic carbocycles. The molecule has 1 heterocycles. The summed E-state index contributed by atoms with van der Waals surface area (Å²) in [6, 6.07) is 16.2. The smallest absolute Gasteiger partial charge is 0.306 e. The lowest BCUT2D eigenvalue weighted by atomic mass is 9.98. The summed E-state index contributed by atoms with van der Waals surface area (Å²) >= 11 is 0. The van der Waals surface area contributed by atoms with Crippen molar-refractivity contribution in [2.75, 3.05) is 18.6 Å². The first-order valence-electron chi connectivity index (χ1n) is 7.62. The molecule has 1 unspecified atom stereocenters. The van der Waals surface area contributed by atoms with Crippen molar-refractivity contribution >= 4 is 17.6 Å². The van der Waals surface area contributed by atoms with E-state index in [9.17, 15) is 9.59 Å². The molecule has 24 heavy (non-hydrogen) atoms. The van der Waals surface area contributed by atoms with Crippen LogP contribution in [-0.2, 0) is 9.53 Å². The lowest BCUT2D eigenvalue weighted by molar-refractivity contribution is -0.141. The van der Waals surface area contributed by atoms with Gasteiger partial charge in [0, 0.05) is 23.7 Å². The molecule has 0 spiro atoms. The number of hydrogen-bond donors (Lipinski definition) is 0. The largest absolute Gasteiger partial charge is 0.469 e. The Labute approximate surface area is 140 Å². The zero-order valence-electron chi connectivity index (χ0n) is 13.2. The van der Waals surface area contributed by atoms with Crippen LogP contribution in [0.2, 0.25) is 0 Å². The van der Waals surface area contributed by atoms with E-state index in [1.807, 2.05) is 30.3 Å². The maximum Gasteiger partial charge on any atom is 0.306 e. The van der Waals surface area contributed by atoms with Crippen molar-refractivity contribution in [1.29, 1.82) is 5.26 Å². The molecule has 0 saturated carbocycles. The molecule has 3 rings (SSSR count). The summed E-state index contributed by atoms with van der Waals surface area (Å²) in [5.74, 6) is -0.556. The molecule has 120 valence electrons. The highest BCUT2D eigenvalue weighted by Crippen LogP contribution is 2.38. The Bertz CT molecular complexity index is 839. The average molecular weight is 320 g/mol. The quantitative estimate of drug-likeness (QED) is 0.815. The fraction of sp³-hybridized carbons (Fsp3) is 0.211. The van der Waals surface area contributed by atoms with Crippen LogP contribution in [-0.4, -0.2) is 25.5 Å². The van der Waals surface area contributed by atoms with Gasteiger partial charge in [0.25, 0.3) is 5.91 Å². The third kappa shape index (κ3) is 2.86. The van der Waals surface area contributed by atoms with Crippen molar-refractivity contribution < 1.29 is 14.3 Å². The number of nitriles is 1. The number of nitrogens with zero attached hydrogens (tertiary/aromatic N) is 2. The molecule has 1 aliphatic heterocycles. The number of para-hydroxylation sites is 1. The Kier molecular flexibility index (Phi) is 4.30. The van der Waals surface area contributed by atoms with Gasteiger partial charge in [0.05, 0.1) is 25.2 Å². The van der Waals surface area contributed by atoms with Crippen molar-refractivity contribution in [3.8, 4) is 6.07 Å². The van der Waals surface area contributed by atoms with Crippen molar-refractivity contribution in [2.24, 2.45) is 0 Å². The van der Waals surface area contributed by atoms with Gasteiger partial charge < -0.3 is 9.64 Å². The predicted molar refractivity (Wildman–Crippen MR) is 88.6 cm³/mol. The SMILES string of the molecule is COC(=O)CC1CN(C(=O)c2cccc(C#N)c2)c2ccccc21. The minimum Gasteiger partial charge on any atom is -0.469 e. The topological polar surface area (TPSA) is 70.4 Å². The van der Waals surface area contributed by atoms with E-state index in [1.165, 1.54) is 7.11 Å². The Hall–Kier alpha value is -3.13. The Morgan fingerprint density at radius 2 is 2.04 bits per heavy atom. The molecule has 0 bridgehead atoms. The van der Waals surface area contributed by atoms with Crippen LogP contribution >= 0.6 is 0 Å². The van der Waals surface area contributed by atoms with Crippen LogP contribution in [0.5, 0.6) is 0 Å².